The maximum Gasteiger partial charge on any atom is 0.336 e. The van der Waals surface area contributed by atoms with Crippen LogP contribution in [0.25, 0.3) is 0 Å². The minimum Gasteiger partial charge on any atom is -0.453 e. The molecule has 36 heavy (non-hydrogen) atoms. The van der Waals surface area contributed by atoms with Crippen LogP contribution in [0, 0.1) is 0 Å². The molecule has 5 fully saturated rings. The number of aliphatic hydroxyl groups is 1. The van der Waals surface area contributed by atoms with Crippen LogP contribution < -0.4 is 0 Å². The first-order valence-electron chi connectivity index (χ1n) is 12.1. The molecule has 0 aromatic carbocycles. The van der Waals surface area contributed by atoms with E-state index in [1.54, 1.807) is 41.5 Å². The zero-order valence-electron chi connectivity index (χ0n) is 21.6. The summed E-state index contributed by atoms with van der Waals surface area (Å²) in [5.74, 6) is -3.44. The Balaban J connectivity index is 1.28. The Morgan fingerprint density at radius 1 is 0.861 bits per heavy atom. The van der Waals surface area contributed by atoms with Gasteiger partial charge in [0.05, 0.1) is 12.2 Å². The normalized spacial score (nSPS) is 44.8. The Kier molecular flexibility index (Phi) is 6.56. The lowest BCUT2D eigenvalue weighted by molar-refractivity contribution is -0.235. The van der Waals surface area contributed by atoms with Gasteiger partial charge in [0.15, 0.2) is 42.1 Å². The maximum atomic E-state index is 13.2. The molecule has 5 rings (SSSR count). The van der Waals surface area contributed by atoms with Gasteiger partial charge in [-0.25, -0.2) is 4.79 Å². The van der Waals surface area contributed by atoms with E-state index in [0.717, 1.165) is 0 Å². The van der Waals surface area contributed by atoms with E-state index in [0.29, 0.717) is 0 Å². The van der Waals surface area contributed by atoms with Crippen LogP contribution in [0.4, 0.5) is 0 Å². The van der Waals surface area contributed by atoms with Crippen molar-refractivity contribution in [3.63, 3.8) is 0 Å². The summed E-state index contributed by atoms with van der Waals surface area (Å²) in [6.07, 6.45) is -8.02. The number of ether oxygens (including phenoxy) is 10. The van der Waals surface area contributed by atoms with Crippen LogP contribution in [0.2, 0.25) is 0 Å². The number of esters is 1. The van der Waals surface area contributed by atoms with E-state index in [9.17, 15) is 9.90 Å². The molecular weight excluding hydrogens is 480 g/mol. The highest BCUT2D eigenvalue weighted by Crippen LogP contribution is 2.43. The smallest absolute Gasteiger partial charge is 0.336 e. The highest BCUT2D eigenvalue weighted by atomic mass is 16.9. The number of hydrogen-bond donors (Lipinski definition) is 1. The summed E-state index contributed by atoms with van der Waals surface area (Å²) in [5, 5.41) is 11.0. The standard InChI is InChI=1S/C24H36O12/c1-10(12(25)14-15(27-8)17-20(31-14)35-23(4,5)33-17)19(26)29-16-13(11-9-28-22(2,3)32-11)30-21-18(16)34-24(6,7)36-21/h11-18,20-21,25H,1,9H2,2-8H3/t11-,12?,13-,14+,15+,16+,17-,18-,20-,21-/m1/s1. The Morgan fingerprint density at radius 2 is 1.44 bits per heavy atom. The zero-order chi connectivity index (χ0) is 26.2. The number of carbonyl (C=O) groups excluding carboxylic acids is 1. The van der Waals surface area contributed by atoms with Crippen molar-refractivity contribution in [3.05, 3.63) is 12.2 Å². The van der Waals surface area contributed by atoms with Crippen LogP contribution in [0.3, 0.4) is 0 Å². The number of methoxy groups -OCH3 is 1. The van der Waals surface area contributed by atoms with E-state index < -0.39 is 84.7 Å². The number of fused-ring (bicyclic) bond motifs is 2. The van der Waals surface area contributed by atoms with Gasteiger partial charge in [0.1, 0.15) is 36.6 Å². The van der Waals surface area contributed by atoms with Crippen molar-refractivity contribution in [1.29, 1.82) is 0 Å². The molecule has 5 aliphatic heterocycles. The third kappa shape index (κ3) is 4.73. The molecule has 0 spiro atoms. The second kappa shape index (κ2) is 8.94. The first-order chi connectivity index (χ1) is 16.7. The summed E-state index contributed by atoms with van der Waals surface area (Å²) in [7, 11) is 1.47. The highest BCUT2D eigenvalue weighted by molar-refractivity contribution is 5.89. The van der Waals surface area contributed by atoms with Crippen molar-refractivity contribution in [2.45, 2.75) is 120 Å². The monoisotopic (exact) mass is 516 g/mol. The number of rotatable bonds is 6. The number of hydrogen-bond acceptors (Lipinski definition) is 12. The molecule has 0 aromatic heterocycles. The van der Waals surface area contributed by atoms with Crippen molar-refractivity contribution in [1.82, 2.24) is 0 Å². The predicted octanol–water partition coefficient (Wildman–Crippen LogP) is 0.735. The average Bonchev–Trinajstić information content (AvgIpc) is 3.52. The fourth-order valence-corrected chi connectivity index (χ4v) is 5.36. The predicted molar refractivity (Wildman–Crippen MR) is 118 cm³/mol. The van der Waals surface area contributed by atoms with E-state index in [2.05, 4.69) is 6.58 Å². The first-order valence-corrected chi connectivity index (χ1v) is 12.1. The molecule has 204 valence electrons. The molecule has 12 heteroatoms. The molecule has 12 nitrogen and oxygen atoms in total. The highest BCUT2D eigenvalue weighted by Gasteiger charge is 2.61. The van der Waals surface area contributed by atoms with Gasteiger partial charge in [0.25, 0.3) is 0 Å². The van der Waals surface area contributed by atoms with Gasteiger partial charge in [-0.05, 0) is 41.5 Å². The van der Waals surface area contributed by atoms with Gasteiger partial charge < -0.3 is 52.5 Å². The Labute approximate surface area is 210 Å². The van der Waals surface area contributed by atoms with Gasteiger partial charge in [0, 0.05) is 7.11 Å². The van der Waals surface area contributed by atoms with Crippen molar-refractivity contribution in [3.8, 4) is 0 Å². The van der Waals surface area contributed by atoms with Gasteiger partial charge in [-0.3, -0.25) is 0 Å². The molecule has 10 atom stereocenters. The van der Waals surface area contributed by atoms with Crippen molar-refractivity contribution in [2.75, 3.05) is 13.7 Å². The molecule has 0 radical (unpaired) electrons. The third-order valence-electron chi connectivity index (χ3n) is 6.90. The molecule has 5 saturated heterocycles. The van der Waals surface area contributed by atoms with Crippen molar-refractivity contribution in [2.24, 2.45) is 0 Å². The Morgan fingerprint density at radius 3 is 2.00 bits per heavy atom. The van der Waals surface area contributed by atoms with Crippen LogP contribution in [-0.4, -0.2) is 104 Å². The maximum absolute atomic E-state index is 13.2. The molecular formula is C24H36O12. The molecule has 0 amide bonds. The van der Waals surface area contributed by atoms with E-state index in [1.165, 1.54) is 7.11 Å². The summed E-state index contributed by atoms with van der Waals surface area (Å²) in [6.45, 7) is 14.6. The summed E-state index contributed by atoms with van der Waals surface area (Å²) in [4.78, 5) is 13.2. The van der Waals surface area contributed by atoms with Gasteiger partial charge in [-0.1, -0.05) is 6.58 Å². The van der Waals surface area contributed by atoms with Crippen LogP contribution in [-0.2, 0) is 52.2 Å². The average molecular weight is 517 g/mol. The van der Waals surface area contributed by atoms with E-state index in [4.69, 9.17) is 47.4 Å². The van der Waals surface area contributed by atoms with Crippen LogP contribution in [0.5, 0.6) is 0 Å². The minimum atomic E-state index is -1.44. The largest absolute Gasteiger partial charge is 0.453 e. The summed E-state index contributed by atoms with van der Waals surface area (Å²) in [5.41, 5.74) is -0.217. The molecule has 0 bridgehead atoms. The Hall–Kier alpha value is -1.19. The molecule has 0 aromatic rings. The molecule has 0 aliphatic carbocycles. The minimum absolute atomic E-state index is 0.217. The lowest BCUT2D eigenvalue weighted by Gasteiger charge is -2.30. The summed E-state index contributed by atoms with van der Waals surface area (Å²) in [6, 6.07) is 0. The van der Waals surface area contributed by atoms with E-state index in [1.807, 2.05) is 0 Å². The van der Waals surface area contributed by atoms with Crippen LogP contribution in [0.15, 0.2) is 12.2 Å². The van der Waals surface area contributed by atoms with E-state index in [-0.39, 0.29) is 12.2 Å². The van der Waals surface area contributed by atoms with Crippen LogP contribution in [0.1, 0.15) is 41.5 Å². The SMILES string of the molecule is C=C(C(=O)O[C@@H]1[C@H]2OC(C)(C)O[C@H]2O[C@@H]1[C@H]1COC(C)(C)O1)C(O)[C@@H]1O[C@@H]2OC(C)(C)O[C@@H]2[C@H]1OC. The van der Waals surface area contributed by atoms with Gasteiger partial charge in [0.2, 0.25) is 0 Å². The fourth-order valence-electron chi connectivity index (χ4n) is 5.36. The second-order valence-corrected chi connectivity index (χ2v) is 11.0. The molecule has 0 saturated carbocycles. The lowest BCUT2D eigenvalue weighted by atomic mass is 9.99. The summed E-state index contributed by atoms with van der Waals surface area (Å²) < 4.78 is 58.3. The van der Waals surface area contributed by atoms with Gasteiger partial charge in [-0.15, -0.1) is 0 Å². The van der Waals surface area contributed by atoms with Crippen molar-refractivity contribution < 1.29 is 57.3 Å². The number of carbonyl (C=O) groups is 1. The zero-order valence-corrected chi connectivity index (χ0v) is 21.6. The Bertz CT molecular complexity index is 886. The number of aliphatic hydroxyl groups excluding tert-OH is 1. The van der Waals surface area contributed by atoms with E-state index >= 15 is 0 Å². The topological polar surface area (TPSA) is 130 Å². The van der Waals surface area contributed by atoms with Crippen molar-refractivity contribution >= 4 is 5.97 Å². The van der Waals surface area contributed by atoms with Gasteiger partial charge >= 0.3 is 5.97 Å². The quantitative estimate of drug-likeness (QED) is 0.395. The second-order valence-electron chi connectivity index (χ2n) is 11.0. The molecule has 5 aliphatic rings. The van der Waals surface area contributed by atoms with Crippen LogP contribution >= 0.6 is 0 Å². The molecule has 1 N–H and O–H groups in total. The summed E-state index contributed by atoms with van der Waals surface area (Å²) >= 11 is 0. The molecule has 5 heterocycles. The first kappa shape index (κ1) is 26.4. The van der Waals surface area contributed by atoms with Gasteiger partial charge in [-0.2, -0.15) is 0 Å². The third-order valence-corrected chi connectivity index (χ3v) is 6.90. The molecule has 1 unspecified atom stereocenters. The fraction of sp³-hybridized carbons (Fsp3) is 0.875. The lowest BCUT2D eigenvalue weighted by Crippen LogP contribution is -2.47.